The molecule has 0 aliphatic rings. The van der Waals surface area contributed by atoms with E-state index in [-0.39, 0.29) is 17.9 Å². The summed E-state index contributed by atoms with van der Waals surface area (Å²) in [4.78, 5) is 39.1. The van der Waals surface area contributed by atoms with Crippen LogP contribution in [0.15, 0.2) is 38.3 Å². The quantitative estimate of drug-likeness (QED) is 0.788. The third-order valence-corrected chi connectivity index (χ3v) is 3.25. The molecule has 0 radical (unpaired) electrons. The van der Waals surface area contributed by atoms with E-state index in [1.54, 1.807) is 31.2 Å². The Morgan fingerprint density at radius 1 is 1.20 bits per heavy atom. The van der Waals surface area contributed by atoms with Gasteiger partial charge in [-0.3, -0.25) is 14.6 Å². The molecule has 2 rings (SSSR count). The number of benzene rings is 1. The lowest BCUT2D eigenvalue weighted by Gasteiger charge is -2.06. The zero-order valence-electron chi connectivity index (χ0n) is 10.6. The van der Waals surface area contributed by atoms with Crippen molar-refractivity contribution in [2.24, 2.45) is 0 Å². The number of carbonyl (C=O) groups is 1. The monoisotopic (exact) mass is 337 g/mol. The second-order valence-corrected chi connectivity index (χ2v) is 5.16. The first-order valence-electron chi connectivity index (χ1n) is 5.83. The molecule has 1 aromatic heterocycles. The van der Waals surface area contributed by atoms with Crippen LogP contribution in [0.1, 0.15) is 11.3 Å². The van der Waals surface area contributed by atoms with E-state index in [4.69, 9.17) is 0 Å². The molecule has 0 spiro atoms. The Balaban J connectivity index is 2.14. The van der Waals surface area contributed by atoms with Crippen molar-refractivity contribution in [3.63, 3.8) is 0 Å². The summed E-state index contributed by atoms with van der Waals surface area (Å²) in [6, 6.07) is 7.08. The molecule has 0 saturated carbocycles. The fourth-order valence-corrected chi connectivity index (χ4v) is 2.00. The lowest BCUT2D eigenvalue weighted by Crippen LogP contribution is -2.29. The molecule has 20 heavy (non-hydrogen) atoms. The molecular weight excluding hydrogens is 326 g/mol. The molecule has 2 aromatic rings. The number of aromatic nitrogens is 2. The summed E-state index contributed by atoms with van der Waals surface area (Å²) in [5.74, 6) is -0.326. The van der Waals surface area contributed by atoms with Crippen LogP contribution in [0.5, 0.6) is 0 Å². The van der Waals surface area contributed by atoms with Crippen LogP contribution in [-0.2, 0) is 11.2 Å². The van der Waals surface area contributed by atoms with Gasteiger partial charge in [0.05, 0.1) is 6.42 Å². The molecule has 3 N–H and O–H groups in total. The third-order valence-electron chi connectivity index (χ3n) is 2.72. The summed E-state index contributed by atoms with van der Waals surface area (Å²) < 4.78 is 0.906. The van der Waals surface area contributed by atoms with Crippen LogP contribution in [-0.4, -0.2) is 15.9 Å². The van der Waals surface area contributed by atoms with Gasteiger partial charge < -0.3 is 10.3 Å². The summed E-state index contributed by atoms with van der Waals surface area (Å²) in [5, 5.41) is 2.68. The average molecular weight is 338 g/mol. The predicted molar refractivity (Wildman–Crippen MR) is 78.9 cm³/mol. The lowest BCUT2D eigenvalue weighted by atomic mass is 10.1. The molecular formula is C13H12BrN3O3. The Labute approximate surface area is 122 Å². The summed E-state index contributed by atoms with van der Waals surface area (Å²) in [7, 11) is 0. The van der Waals surface area contributed by atoms with Gasteiger partial charge >= 0.3 is 5.69 Å². The molecule has 0 atom stereocenters. The second-order valence-electron chi connectivity index (χ2n) is 4.24. The van der Waals surface area contributed by atoms with Gasteiger partial charge in [-0.15, -0.1) is 0 Å². The number of halogens is 1. The molecule has 0 fully saturated rings. The van der Waals surface area contributed by atoms with Gasteiger partial charge in [-0.1, -0.05) is 15.9 Å². The minimum atomic E-state index is -0.579. The minimum absolute atomic E-state index is 0.103. The van der Waals surface area contributed by atoms with Crippen LogP contribution in [0.3, 0.4) is 0 Å². The van der Waals surface area contributed by atoms with E-state index in [1.807, 2.05) is 0 Å². The van der Waals surface area contributed by atoms with E-state index in [2.05, 4.69) is 31.2 Å². The van der Waals surface area contributed by atoms with Crippen molar-refractivity contribution in [2.45, 2.75) is 13.3 Å². The van der Waals surface area contributed by atoms with Crippen LogP contribution in [0.2, 0.25) is 0 Å². The van der Waals surface area contributed by atoms with Gasteiger partial charge in [0.25, 0.3) is 5.56 Å². The summed E-state index contributed by atoms with van der Waals surface area (Å²) in [5.41, 5.74) is 0.155. The fourth-order valence-electron chi connectivity index (χ4n) is 1.74. The molecule has 0 aliphatic heterocycles. The molecule has 0 bridgehead atoms. The summed E-state index contributed by atoms with van der Waals surface area (Å²) in [6.45, 7) is 1.58. The maximum absolute atomic E-state index is 11.9. The van der Waals surface area contributed by atoms with Crippen molar-refractivity contribution in [1.29, 1.82) is 0 Å². The highest BCUT2D eigenvalue weighted by molar-refractivity contribution is 9.10. The number of carbonyl (C=O) groups excluding carboxylic acids is 1. The minimum Gasteiger partial charge on any atom is -0.326 e. The van der Waals surface area contributed by atoms with Gasteiger partial charge in [-0.2, -0.15) is 0 Å². The van der Waals surface area contributed by atoms with Crippen molar-refractivity contribution in [3.8, 4) is 0 Å². The van der Waals surface area contributed by atoms with Gasteiger partial charge in [0.15, 0.2) is 0 Å². The number of hydrogen-bond donors (Lipinski definition) is 3. The van der Waals surface area contributed by atoms with Gasteiger partial charge in [-0.05, 0) is 31.2 Å². The smallest absolute Gasteiger partial charge is 0.325 e. The number of aryl methyl sites for hydroxylation is 1. The van der Waals surface area contributed by atoms with E-state index < -0.39 is 11.2 Å². The first-order valence-corrected chi connectivity index (χ1v) is 6.62. The molecule has 7 heteroatoms. The zero-order valence-corrected chi connectivity index (χ0v) is 12.2. The SMILES string of the molecule is Cc1[nH]c(=O)[nH]c(=O)c1CC(=O)Nc1ccc(Br)cc1. The molecule has 104 valence electrons. The number of rotatable bonds is 3. The van der Waals surface area contributed by atoms with Crippen LogP contribution in [0.25, 0.3) is 0 Å². The molecule has 0 aliphatic carbocycles. The van der Waals surface area contributed by atoms with Gasteiger partial charge in [0.1, 0.15) is 0 Å². The Bertz CT molecular complexity index is 747. The Kier molecular flexibility index (Phi) is 4.19. The van der Waals surface area contributed by atoms with Crippen LogP contribution in [0, 0.1) is 6.92 Å². The maximum atomic E-state index is 11.9. The van der Waals surface area contributed by atoms with E-state index in [0.29, 0.717) is 11.4 Å². The third kappa shape index (κ3) is 3.45. The highest BCUT2D eigenvalue weighted by Crippen LogP contribution is 2.14. The maximum Gasteiger partial charge on any atom is 0.325 e. The molecule has 1 heterocycles. The Hall–Kier alpha value is -2.15. The molecule has 6 nitrogen and oxygen atoms in total. The van der Waals surface area contributed by atoms with Crippen molar-refractivity contribution in [1.82, 2.24) is 9.97 Å². The zero-order chi connectivity index (χ0) is 14.7. The average Bonchev–Trinajstić information content (AvgIpc) is 2.36. The highest BCUT2D eigenvalue weighted by atomic mass is 79.9. The largest absolute Gasteiger partial charge is 0.326 e. The normalized spacial score (nSPS) is 10.3. The first kappa shape index (κ1) is 14.3. The van der Waals surface area contributed by atoms with Crippen molar-refractivity contribution < 1.29 is 4.79 Å². The second kappa shape index (κ2) is 5.87. The number of anilines is 1. The number of nitrogens with one attached hydrogen (secondary N) is 3. The topological polar surface area (TPSA) is 94.8 Å². The molecule has 1 aromatic carbocycles. The number of H-pyrrole nitrogens is 2. The molecule has 0 saturated heterocycles. The van der Waals surface area contributed by atoms with Crippen molar-refractivity contribution in [2.75, 3.05) is 5.32 Å². The van der Waals surface area contributed by atoms with Crippen LogP contribution in [0.4, 0.5) is 5.69 Å². The van der Waals surface area contributed by atoms with E-state index in [1.165, 1.54) is 0 Å². The van der Waals surface area contributed by atoms with Crippen LogP contribution < -0.4 is 16.6 Å². The van der Waals surface area contributed by atoms with E-state index in [9.17, 15) is 14.4 Å². The van der Waals surface area contributed by atoms with Gasteiger partial charge in [-0.25, -0.2) is 4.79 Å². The summed E-state index contributed by atoms with van der Waals surface area (Å²) in [6.07, 6.45) is -0.103. The van der Waals surface area contributed by atoms with Gasteiger partial charge in [0.2, 0.25) is 5.91 Å². The lowest BCUT2D eigenvalue weighted by molar-refractivity contribution is -0.115. The van der Waals surface area contributed by atoms with Crippen molar-refractivity contribution in [3.05, 3.63) is 60.8 Å². The number of aromatic amines is 2. The first-order chi connectivity index (χ1) is 9.45. The van der Waals surface area contributed by atoms with Crippen molar-refractivity contribution >= 4 is 27.5 Å². The Morgan fingerprint density at radius 3 is 2.45 bits per heavy atom. The standard InChI is InChI=1S/C13H12BrN3O3/c1-7-10(12(19)17-13(20)15-7)6-11(18)16-9-4-2-8(14)3-5-9/h2-5H,6H2,1H3,(H,16,18)(H2,15,17,19,20). The Morgan fingerprint density at radius 2 is 1.85 bits per heavy atom. The number of amides is 1. The fraction of sp³-hybridized carbons (Fsp3) is 0.154. The summed E-state index contributed by atoms with van der Waals surface area (Å²) >= 11 is 3.30. The highest BCUT2D eigenvalue weighted by Gasteiger charge is 2.11. The number of hydrogen-bond acceptors (Lipinski definition) is 3. The van der Waals surface area contributed by atoms with Crippen LogP contribution >= 0.6 is 15.9 Å². The van der Waals surface area contributed by atoms with E-state index >= 15 is 0 Å². The van der Waals surface area contributed by atoms with E-state index in [0.717, 1.165) is 4.47 Å². The molecule has 0 unspecified atom stereocenters. The van der Waals surface area contributed by atoms with Gasteiger partial charge in [0, 0.05) is 21.4 Å². The predicted octanol–water partition coefficient (Wildman–Crippen LogP) is 1.32. The molecule has 1 amide bonds.